The number of hydrogen-bond acceptors (Lipinski definition) is 1. The van der Waals surface area contributed by atoms with E-state index < -0.39 is 17.7 Å². The number of allylic oxidation sites excluding steroid dienone is 1. The second-order valence-corrected chi connectivity index (χ2v) is 3.51. The molecule has 0 bridgehead atoms. The van der Waals surface area contributed by atoms with E-state index in [4.69, 9.17) is 0 Å². The maximum absolute atomic E-state index is 13.4. The predicted octanol–water partition coefficient (Wildman–Crippen LogP) is 3.49. The highest BCUT2D eigenvalue weighted by Crippen LogP contribution is 2.32. The number of alkyl halides is 3. The third kappa shape index (κ3) is 1.85. The van der Waals surface area contributed by atoms with Crippen LogP contribution in [-0.2, 0) is 0 Å². The maximum Gasteiger partial charge on any atom is 0.433 e. The van der Waals surface area contributed by atoms with Crippen LogP contribution < -0.4 is 0 Å². The largest absolute Gasteiger partial charge is 0.433 e. The third-order valence-electron chi connectivity index (χ3n) is 2.21. The molecule has 0 aromatic heterocycles. The fourth-order valence-corrected chi connectivity index (χ4v) is 1.37. The molecule has 1 aromatic carbocycles. The molecule has 0 atom stereocenters. The number of nitrogens with zero attached hydrogens (tertiary/aromatic N) is 1. The van der Waals surface area contributed by atoms with Gasteiger partial charge in [-0.3, -0.25) is 0 Å². The van der Waals surface area contributed by atoms with Gasteiger partial charge >= 0.3 is 6.18 Å². The molecule has 1 aliphatic heterocycles. The highest BCUT2D eigenvalue weighted by atomic mass is 19.4. The van der Waals surface area contributed by atoms with Crippen LogP contribution in [0.4, 0.5) is 17.6 Å². The van der Waals surface area contributed by atoms with Crippen molar-refractivity contribution in [1.82, 2.24) is 0 Å². The van der Waals surface area contributed by atoms with E-state index in [1.807, 2.05) is 0 Å². The molecule has 0 N–H and O–H groups in total. The number of benzene rings is 1. The summed E-state index contributed by atoms with van der Waals surface area (Å²) in [4.78, 5) is 3.27. The highest BCUT2D eigenvalue weighted by molar-refractivity contribution is 6.13. The van der Waals surface area contributed by atoms with Crippen LogP contribution >= 0.6 is 0 Å². The Morgan fingerprint density at radius 3 is 2.31 bits per heavy atom. The molecule has 0 saturated heterocycles. The molecule has 5 heteroatoms. The molecule has 0 spiro atoms. The van der Waals surface area contributed by atoms with Crippen molar-refractivity contribution >= 4 is 11.4 Å². The molecular formula is C11H7F4N. The number of hydrogen-bond donors (Lipinski definition) is 0. The zero-order chi connectivity index (χ0) is 11.9. The summed E-state index contributed by atoms with van der Waals surface area (Å²) >= 11 is 0. The molecule has 1 nitrogen and oxygen atoms in total. The van der Waals surface area contributed by atoms with Gasteiger partial charge in [-0.15, -0.1) is 0 Å². The lowest BCUT2D eigenvalue weighted by molar-refractivity contribution is -0.0580. The normalized spacial score (nSPS) is 15.3. The summed E-state index contributed by atoms with van der Waals surface area (Å²) in [5.74, 6) is -0.559. The molecule has 0 unspecified atom stereocenters. The van der Waals surface area contributed by atoms with E-state index in [9.17, 15) is 17.6 Å². The lowest BCUT2D eigenvalue weighted by Crippen LogP contribution is -2.25. The Hall–Kier alpha value is -1.65. The molecule has 16 heavy (non-hydrogen) atoms. The van der Waals surface area contributed by atoms with Gasteiger partial charge in [0, 0.05) is 5.56 Å². The molecule has 84 valence electrons. The molecule has 0 amide bonds. The van der Waals surface area contributed by atoms with E-state index >= 15 is 0 Å². The SMILES string of the molecule is Cc1ccc(C2=CC(C(F)(F)F)=N2)c(F)c1. The molecule has 0 fully saturated rings. The lowest BCUT2D eigenvalue weighted by Gasteiger charge is -2.17. The lowest BCUT2D eigenvalue weighted by atomic mass is 10.0. The van der Waals surface area contributed by atoms with Crippen LogP contribution in [-0.4, -0.2) is 11.9 Å². The summed E-state index contributed by atoms with van der Waals surface area (Å²) in [6.07, 6.45) is -3.61. The van der Waals surface area contributed by atoms with Gasteiger partial charge in [-0.1, -0.05) is 6.07 Å². The van der Waals surface area contributed by atoms with Gasteiger partial charge in [0.25, 0.3) is 0 Å². The predicted molar refractivity (Wildman–Crippen MR) is 52.6 cm³/mol. The summed E-state index contributed by atoms with van der Waals surface area (Å²) in [6, 6.07) is 4.31. The average molecular weight is 229 g/mol. The Labute approximate surface area is 89.1 Å². The Balaban J connectivity index is 2.25. The first-order valence-corrected chi connectivity index (χ1v) is 4.52. The fourth-order valence-electron chi connectivity index (χ4n) is 1.37. The summed E-state index contributed by atoms with van der Waals surface area (Å²) < 4.78 is 49.6. The van der Waals surface area contributed by atoms with Crippen LogP contribution in [0, 0.1) is 12.7 Å². The summed E-state index contributed by atoms with van der Waals surface area (Å²) in [7, 11) is 0. The van der Waals surface area contributed by atoms with Gasteiger partial charge in [0.2, 0.25) is 0 Å². The van der Waals surface area contributed by atoms with E-state index in [0.717, 1.165) is 6.08 Å². The van der Waals surface area contributed by atoms with Gasteiger partial charge < -0.3 is 0 Å². The molecule has 2 rings (SSSR count). The molecule has 0 saturated carbocycles. The molecule has 1 aromatic rings. The average Bonchev–Trinajstić information content (AvgIpc) is 2.03. The summed E-state index contributed by atoms with van der Waals surface area (Å²) in [5.41, 5.74) is -0.132. The second-order valence-electron chi connectivity index (χ2n) is 3.51. The van der Waals surface area contributed by atoms with Crippen LogP contribution in [0.5, 0.6) is 0 Å². The molecular weight excluding hydrogens is 222 g/mol. The fraction of sp³-hybridized carbons (Fsp3) is 0.182. The van der Waals surface area contributed by atoms with Crippen molar-refractivity contribution in [2.45, 2.75) is 13.1 Å². The monoisotopic (exact) mass is 229 g/mol. The van der Waals surface area contributed by atoms with Crippen molar-refractivity contribution in [3.05, 3.63) is 41.2 Å². The Morgan fingerprint density at radius 2 is 1.81 bits per heavy atom. The molecule has 1 aliphatic rings. The minimum Gasteiger partial charge on any atom is -0.243 e. The maximum atomic E-state index is 13.4. The number of aliphatic imine (C=N–C) groups is 1. The standard InChI is InChI=1S/C11H7F4N/c1-6-2-3-7(8(12)4-6)9-5-10(16-9)11(13,14)15/h2-5H,1H3. The minimum absolute atomic E-state index is 0.0322. The van der Waals surface area contributed by atoms with Crippen molar-refractivity contribution in [1.29, 1.82) is 0 Å². The highest BCUT2D eigenvalue weighted by Gasteiger charge is 2.38. The summed E-state index contributed by atoms with van der Waals surface area (Å²) in [6.45, 7) is 1.70. The zero-order valence-electron chi connectivity index (χ0n) is 8.27. The molecule has 1 heterocycles. The van der Waals surface area contributed by atoms with Crippen LogP contribution in [0.3, 0.4) is 0 Å². The van der Waals surface area contributed by atoms with Crippen LogP contribution in [0.2, 0.25) is 0 Å². The number of aryl methyl sites for hydroxylation is 1. The smallest absolute Gasteiger partial charge is 0.243 e. The van der Waals surface area contributed by atoms with Gasteiger partial charge in [0.15, 0.2) is 0 Å². The van der Waals surface area contributed by atoms with Crippen molar-refractivity contribution < 1.29 is 17.6 Å². The first kappa shape index (κ1) is 10.9. The Kier molecular flexibility index (Phi) is 2.33. The van der Waals surface area contributed by atoms with Gasteiger partial charge in [0.05, 0.1) is 5.70 Å². The van der Waals surface area contributed by atoms with Crippen LogP contribution in [0.1, 0.15) is 11.1 Å². The quantitative estimate of drug-likeness (QED) is 0.653. The van der Waals surface area contributed by atoms with Gasteiger partial charge in [0.1, 0.15) is 11.5 Å². The first-order valence-electron chi connectivity index (χ1n) is 4.52. The minimum atomic E-state index is -4.45. The third-order valence-corrected chi connectivity index (χ3v) is 2.21. The van der Waals surface area contributed by atoms with Crippen molar-refractivity contribution in [3.63, 3.8) is 0 Å². The van der Waals surface area contributed by atoms with Gasteiger partial charge in [-0.25, -0.2) is 9.38 Å². The zero-order valence-corrected chi connectivity index (χ0v) is 8.27. The second kappa shape index (κ2) is 3.43. The van der Waals surface area contributed by atoms with E-state index in [0.29, 0.717) is 5.56 Å². The number of halogens is 4. The Morgan fingerprint density at radius 1 is 1.19 bits per heavy atom. The molecule has 0 aliphatic carbocycles. The van der Waals surface area contributed by atoms with Gasteiger partial charge in [-0.05, 0) is 30.7 Å². The van der Waals surface area contributed by atoms with E-state index in [1.165, 1.54) is 12.1 Å². The van der Waals surface area contributed by atoms with Crippen molar-refractivity contribution in [2.24, 2.45) is 4.99 Å². The van der Waals surface area contributed by atoms with Crippen LogP contribution in [0.15, 0.2) is 29.3 Å². The first-order chi connectivity index (χ1) is 7.38. The van der Waals surface area contributed by atoms with Gasteiger partial charge in [-0.2, -0.15) is 13.2 Å². The van der Waals surface area contributed by atoms with Crippen molar-refractivity contribution in [3.8, 4) is 0 Å². The summed E-state index contributed by atoms with van der Waals surface area (Å²) in [5, 5.41) is 0. The van der Waals surface area contributed by atoms with Crippen molar-refractivity contribution in [2.75, 3.05) is 0 Å². The number of rotatable bonds is 1. The molecule has 0 radical (unpaired) electrons. The van der Waals surface area contributed by atoms with E-state index in [1.54, 1.807) is 13.0 Å². The van der Waals surface area contributed by atoms with Crippen LogP contribution in [0.25, 0.3) is 5.70 Å². The topological polar surface area (TPSA) is 12.4 Å². The van der Waals surface area contributed by atoms with E-state index in [-0.39, 0.29) is 11.3 Å². The Bertz CT molecular complexity index is 497. The van der Waals surface area contributed by atoms with E-state index in [2.05, 4.69) is 4.99 Å².